The van der Waals surface area contributed by atoms with Crippen molar-refractivity contribution in [2.75, 3.05) is 7.11 Å². The molecule has 0 saturated carbocycles. The molecule has 3 rings (SSSR count). The van der Waals surface area contributed by atoms with Gasteiger partial charge in [0.15, 0.2) is 0 Å². The minimum absolute atomic E-state index is 0.547. The van der Waals surface area contributed by atoms with Crippen LogP contribution in [-0.2, 0) is 15.3 Å². The number of fused-ring (bicyclic) bond motifs is 1. The third-order valence-electron chi connectivity index (χ3n) is 3.19. The molecular formula is C16H13NO3. The van der Waals surface area contributed by atoms with Crippen LogP contribution in [0.2, 0.25) is 0 Å². The summed E-state index contributed by atoms with van der Waals surface area (Å²) in [6, 6.07) is 16.6. The van der Waals surface area contributed by atoms with Crippen LogP contribution in [0.4, 0.5) is 0 Å². The Kier molecular flexibility index (Phi) is 2.99. The van der Waals surface area contributed by atoms with Crippen LogP contribution in [0.1, 0.15) is 11.1 Å². The van der Waals surface area contributed by atoms with Gasteiger partial charge in [0.1, 0.15) is 5.75 Å². The molecule has 4 nitrogen and oxygen atoms in total. The monoisotopic (exact) mass is 267 g/mol. The third-order valence-corrected chi connectivity index (χ3v) is 3.19. The Hall–Kier alpha value is -2.62. The van der Waals surface area contributed by atoms with Crippen molar-refractivity contribution in [2.24, 2.45) is 4.99 Å². The van der Waals surface area contributed by atoms with E-state index in [0.717, 1.165) is 5.56 Å². The van der Waals surface area contributed by atoms with Gasteiger partial charge in [-0.25, -0.2) is 9.79 Å². The highest BCUT2D eigenvalue weighted by Crippen LogP contribution is 2.35. The highest BCUT2D eigenvalue weighted by molar-refractivity contribution is 5.91. The number of aliphatic imine (C=N–C) groups is 1. The predicted octanol–water partition coefficient (Wildman–Crippen LogP) is 2.52. The quantitative estimate of drug-likeness (QED) is 0.785. The Morgan fingerprint density at radius 2 is 1.80 bits per heavy atom. The first-order chi connectivity index (χ1) is 9.76. The molecule has 0 N–H and O–H groups in total. The topological polar surface area (TPSA) is 47.9 Å². The Bertz CT molecular complexity index is 666. The number of carbonyl (C=O) groups is 1. The SMILES string of the molecule is COC(=O)C1(c2ccccc2)N=Cc2ccccc2O1. The smallest absolute Gasteiger partial charge is 0.379 e. The molecule has 0 bridgehead atoms. The van der Waals surface area contributed by atoms with Crippen molar-refractivity contribution in [3.63, 3.8) is 0 Å². The molecule has 0 amide bonds. The van der Waals surface area contributed by atoms with Crippen molar-refractivity contribution in [1.29, 1.82) is 0 Å². The molecule has 0 aromatic heterocycles. The lowest BCUT2D eigenvalue weighted by Crippen LogP contribution is -2.42. The van der Waals surface area contributed by atoms with Gasteiger partial charge in [0, 0.05) is 17.3 Å². The van der Waals surface area contributed by atoms with Crippen molar-refractivity contribution in [3.05, 3.63) is 65.7 Å². The van der Waals surface area contributed by atoms with E-state index in [1.54, 1.807) is 24.4 Å². The number of ether oxygens (including phenoxy) is 2. The summed E-state index contributed by atoms with van der Waals surface area (Å²) in [5, 5.41) is 0. The maximum atomic E-state index is 12.2. The second-order valence-corrected chi connectivity index (χ2v) is 4.40. The molecule has 0 spiro atoms. The van der Waals surface area contributed by atoms with Gasteiger partial charge in [-0.1, -0.05) is 42.5 Å². The second kappa shape index (κ2) is 4.81. The molecule has 1 atom stereocenters. The first kappa shape index (κ1) is 12.4. The number of carbonyl (C=O) groups excluding carboxylic acids is 1. The molecule has 0 aliphatic carbocycles. The van der Waals surface area contributed by atoms with Gasteiger partial charge in [0.25, 0.3) is 0 Å². The minimum atomic E-state index is -1.47. The molecule has 0 fully saturated rings. The van der Waals surface area contributed by atoms with Gasteiger partial charge in [-0.3, -0.25) is 0 Å². The van der Waals surface area contributed by atoms with E-state index in [2.05, 4.69) is 4.99 Å². The van der Waals surface area contributed by atoms with Crippen LogP contribution in [0.3, 0.4) is 0 Å². The molecular weight excluding hydrogens is 254 g/mol. The standard InChI is InChI=1S/C16H13NO3/c1-19-15(18)16(13-8-3-2-4-9-13)17-11-12-7-5-6-10-14(12)20-16/h2-11H,1H3. The molecule has 0 saturated heterocycles. The van der Waals surface area contributed by atoms with Gasteiger partial charge in [0.05, 0.1) is 7.11 Å². The fourth-order valence-corrected chi connectivity index (χ4v) is 2.17. The van der Waals surface area contributed by atoms with Crippen molar-refractivity contribution in [2.45, 2.75) is 5.72 Å². The van der Waals surface area contributed by atoms with Gasteiger partial charge in [-0.2, -0.15) is 0 Å². The van der Waals surface area contributed by atoms with Crippen molar-refractivity contribution >= 4 is 12.2 Å². The fraction of sp³-hybridized carbons (Fsp3) is 0.125. The first-order valence-corrected chi connectivity index (χ1v) is 6.23. The molecule has 2 aromatic rings. The molecule has 1 aliphatic rings. The van der Waals surface area contributed by atoms with Crippen LogP contribution in [-0.4, -0.2) is 19.3 Å². The minimum Gasteiger partial charge on any atom is -0.464 e. The lowest BCUT2D eigenvalue weighted by atomic mass is 10.0. The fourth-order valence-electron chi connectivity index (χ4n) is 2.17. The zero-order chi connectivity index (χ0) is 14.0. The van der Waals surface area contributed by atoms with Crippen LogP contribution in [0.5, 0.6) is 5.75 Å². The maximum absolute atomic E-state index is 12.2. The first-order valence-electron chi connectivity index (χ1n) is 6.23. The van der Waals surface area contributed by atoms with E-state index in [0.29, 0.717) is 11.3 Å². The molecule has 1 heterocycles. The summed E-state index contributed by atoms with van der Waals surface area (Å²) in [6.07, 6.45) is 1.64. The number of benzene rings is 2. The number of para-hydroxylation sites is 1. The molecule has 4 heteroatoms. The largest absolute Gasteiger partial charge is 0.464 e. The summed E-state index contributed by atoms with van der Waals surface area (Å²) in [6.45, 7) is 0. The average Bonchev–Trinajstić information content (AvgIpc) is 2.54. The molecule has 0 radical (unpaired) electrons. The van der Waals surface area contributed by atoms with Gasteiger partial charge in [-0.05, 0) is 12.1 Å². The van der Waals surface area contributed by atoms with Crippen LogP contribution >= 0.6 is 0 Å². The molecule has 100 valence electrons. The third kappa shape index (κ3) is 1.86. The van der Waals surface area contributed by atoms with Crippen LogP contribution in [0, 0.1) is 0 Å². The summed E-state index contributed by atoms with van der Waals surface area (Å²) in [5.74, 6) is 0.0613. The summed E-state index contributed by atoms with van der Waals surface area (Å²) in [7, 11) is 1.33. The van der Waals surface area contributed by atoms with Crippen molar-refractivity contribution < 1.29 is 14.3 Å². The van der Waals surface area contributed by atoms with E-state index in [-0.39, 0.29) is 0 Å². The summed E-state index contributed by atoms with van der Waals surface area (Å²) in [5.41, 5.74) is 0.00485. The zero-order valence-corrected chi connectivity index (χ0v) is 10.9. The van der Waals surface area contributed by atoms with Crippen LogP contribution in [0.15, 0.2) is 59.6 Å². The van der Waals surface area contributed by atoms with Gasteiger partial charge >= 0.3 is 11.7 Å². The Morgan fingerprint density at radius 3 is 2.55 bits per heavy atom. The summed E-state index contributed by atoms with van der Waals surface area (Å²) < 4.78 is 10.8. The normalized spacial score (nSPS) is 19.9. The number of hydrogen-bond donors (Lipinski definition) is 0. The van der Waals surface area contributed by atoms with Crippen molar-refractivity contribution in [3.8, 4) is 5.75 Å². The van der Waals surface area contributed by atoms with E-state index < -0.39 is 11.7 Å². The van der Waals surface area contributed by atoms with E-state index in [4.69, 9.17) is 9.47 Å². The molecule has 1 unspecified atom stereocenters. The lowest BCUT2D eigenvalue weighted by Gasteiger charge is -2.31. The van der Waals surface area contributed by atoms with E-state index in [9.17, 15) is 4.79 Å². The number of rotatable bonds is 2. The Labute approximate surface area is 116 Å². The number of nitrogens with zero attached hydrogens (tertiary/aromatic N) is 1. The summed E-state index contributed by atoms with van der Waals surface area (Å²) in [4.78, 5) is 16.6. The van der Waals surface area contributed by atoms with E-state index in [1.165, 1.54) is 7.11 Å². The number of esters is 1. The highest BCUT2D eigenvalue weighted by atomic mass is 16.6. The van der Waals surface area contributed by atoms with Crippen LogP contribution < -0.4 is 4.74 Å². The second-order valence-electron chi connectivity index (χ2n) is 4.40. The number of hydrogen-bond acceptors (Lipinski definition) is 4. The van der Waals surface area contributed by atoms with Gasteiger partial charge in [-0.15, -0.1) is 0 Å². The number of methoxy groups -OCH3 is 1. The highest BCUT2D eigenvalue weighted by Gasteiger charge is 2.45. The average molecular weight is 267 g/mol. The predicted molar refractivity (Wildman–Crippen MR) is 74.8 cm³/mol. The van der Waals surface area contributed by atoms with Gasteiger partial charge < -0.3 is 9.47 Å². The van der Waals surface area contributed by atoms with Crippen molar-refractivity contribution in [1.82, 2.24) is 0 Å². The molecule has 1 aliphatic heterocycles. The van der Waals surface area contributed by atoms with E-state index in [1.807, 2.05) is 36.4 Å². The van der Waals surface area contributed by atoms with Gasteiger partial charge in [0.2, 0.25) is 0 Å². The molecule has 20 heavy (non-hydrogen) atoms. The van der Waals surface area contributed by atoms with E-state index >= 15 is 0 Å². The summed E-state index contributed by atoms with van der Waals surface area (Å²) >= 11 is 0. The zero-order valence-electron chi connectivity index (χ0n) is 10.9. The Morgan fingerprint density at radius 1 is 1.10 bits per heavy atom. The Balaban J connectivity index is 2.14. The maximum Gasteiger partial charge on any atom is 0.379 e. The van der Waals surface area contributed by atoms with Crippen LogP contribution in [0.25, 0.3) is 0 Å². The lowest BCUT2D eigenvalue weighted by molar-refractivity contribution is -0.159. The molecule has 2 aromatic carbocycles.